The van der Waals surface area contributed by atoms with E-state index in [2.05, 4.69) is 0 Å². The van der Waals surface area contributed by atoms with Crippen LogP contribution < -0.4 is 0 Å². The van der Waals surface area contributed by atoms with Crippen molar-refractivity contribution in [3.05, 3.63) is 30.3 Å². The minimum absolute atomic E-state index is 0.306. The molecule has 1 N–H and O–H groups in total. The van der Waals surface area contributed by atoms with Crippen LogP contribution in [0, 0.1) is 0 Å². The predicted octanol–water partition coefficient (Wildman–Crippen LogP) is 1.88. The van der Waals surface area contributed by atoms with Crippen molar-refractivity contribution in [3.63, 3.8) is 0 Å². The number of fused-ring (bicyclic) bond motifs is 1. The van der Waals surface area contributed by atoms with Crippen LogP contribution in [0.1, 0.15) is 11.0 Å². The molecule has 1 aromatic carbocycles. The first-order valence-corrected chi connectivity index (χ1v) is 2.89. The van der Waals surface area contributed by atoms with Crippen LogP contribution in [-0.2, 0) is 6.98 Å². The van der Waals surface area contributed by atoms with Crippen molar-refractivity contribution in [1.29, 1.82) is 0 Å². The van der Waals surface area contributed by atoms with Gasteiger partial charge in [-0.25, -0.2) is 0 Å². The van der Waals surface area contributed by atoms with Gasteiger partial charge in [0.25, 0.3) is 0 Å². The first-order valence-electron chi connectivity index (χ1n) is 6.89. The molecule has 2 nitrogen and oxygen atoms in total. The molecule has 0 aliphatic carbocycles. The molecule has 0 saturated heterocycles. The van der Waals surface area contributed by atoms with Gasteiger partial charge < -0.3 is 9.67 Å². The summed E-state index contributed by atoms with van der Waals surface area (Å²) >= 11 is 0. The lowest BCUT2D eigenvalue weighted by Crippen LogP contribution is -1.81. The van der Waals surface area contributed by atoms with Crippen molar-refractivity contribution >= 4 is 10.9 Å². The van der Waals surface area contributed by atoms with E-state index < -0.39 is 43.1 Å². The Hall–Kier alpha value is -1.44. The van der Waals surface area contributed by atoms with Crippen LogP contribution in [0.25, 0.3) is 10.9 Å². The third-order valence-corrected chi connectivity index (χ3v) is 1.30. The monoisotopic (exact) mass is 155 g/mol. The molecule has 1 heterocycles. The summed E-state index contributed by atoms with van der Waals surface area (Å²) in [5.74, 6) is -0.798. The molecule has 0 bridgehead atoms. The smallest absolute Gasteiger partial charge is 0.116 e. The number of benzene rings is 1. The maximum absolute atomic E-state index is 9.52. The van der Waals surface area contributed by atoms with Crippen molar-refractivity contribution in [1.82, 2.24) is 4.57 Å². The van der Waals surface area contributed by atoms with Crippen molar-refractivity contribution in [2.45, 2.75) is 0 Å². The van der Waals surface area contributed by atoms with Gasteiger partial charge in [0.05, 0.1) is 6.85 Å². The highest BCUT2D eigenvalue weighted by Gasteiger charge is 1.96. The second kappa shape index (κ2) is 2.02. The third kappa shape index (κ3) is 0.871. The average Bonchev–Trinajstić information content (AvgIpc) is 2.57. The quantitative estimate of drug-likeness (QED) is 0.617. The zero-order chi connectivity index (χ0) is 14.7. The van der Waals surface area contributed by atoms with Crippen LogP contribution in [0.15, 0.2) is 30.3 Å². The number of aromatic nitrogens is 1. The van der Waals surface area contributed by atoms with E-state index in [1.54, 1.807) is 0 Å². The van der Waals surface area contributed by atoms with Crippen LogP contribution in [0.2, 0.25) is 0 Å². The van der Waals surface area contributed by atoms with Crippen LogP contribution in [0.3, 0.4) is 0 Å². The maximum Gasteiger partial charge on any atom is 0.116 e. The Morgan fingerprint density at radius 1 is 1.55 bits per heavy atom. The first kappa shape index (κ1) is 2.03. The standard InChI is InChI=1S/C9H9NO/c1-10-5-4-7-6-8(11)2-3-9(7)10/h2-6,11H,1H3/i1D3,2D,3D,4D,5D,6D. The number of rotatable bonds is 0. The minimum atomic E-state index is -2.81. The largest absolute Gasteiger partial charge is 0.508 e. The van der Waals surface area contributed by atoms with E-state index in [1.807, 2.05) is 0 Å². The summed E-state index contributed by atoms with van der Waals surface area (Å²) in [6, 6.07) is -2.48. The normalized spacial score (nSPS) is 22.2. The molecule has 0 aliphatic rings. The molecule has 0 spiro atoms. The molecule has 0 amide bonds. The zero-order valence-electron chi connectivity index (χ0n) is 13.4. The molecule has 0 unspecified atom stereocenters. The second-order valence-corrected chi connectivity index (χ2v) is 2.02. The van der Waals surface area contributed by atoms with E-state index >= 15 is 0 Å². The fourth-order valence-electron chi connectivity index (χ4n) is 0.816. The number of phenolic OH excluding ortho intramolecular Hbond substituents is 1. The van der Waals surface area contributed by atoms with Gasteiger partial charge >= 0.3 is 0 Å². The van der Waals surface area contributed by atoms with Crippen molar-refractivity contribution in [2.24, 2.45) is 6.98 Å². The van der Waals surface area contributed by atoms with Gasteiger partial charge in [-0.1, -0.05) is 0 Å². The second-order valence-electron chi connectivity index (χ2n) is 2.02. The molecule has 0 radical (unpaired) electrons. The van der Waals surface area contributed by atoms with Crippen LogP contribution in [-0.4, -0.2) is 9.67 Å². The summed E-state index contributed by atoms with van der Waals surface area (Å²) in [4.78, 5) is 0. The lowest BCUT2D eigenvalue weighted by atomic mass is 10.2. The summed E-state index contributed by atoms with van der Waals surface area (Å²) in [6.07, 6.45) is -0.679. The highest BCUT2D eigenvalue weighted by atomic mass is 16.3. The van der Waals surface area contributed by atoms with Crippen LogP contribution >= 0.6 is 0 Å². The summed E-state index contributed by atoms with van der Waals surface area (Å²) in [5, 5.41) is 9.22. The summed E-state index contributed by atoms with van der Waals surface area (Å²) in [7, 11) is 0. The number of aryl methyl sites for hydroxylation is 1. The lowest BCUT2D eigenvalue weighted by molar-refractivity contribution is 0.476. The van der Waals surface area contributed by atoms with E-state index in [4.69, 9.17) is 11.0 Å². The summed E-state index contributed by atoms with van der Waals surface area (Å²) < 4.78 is 60.5. The van der Waals surface area contributed by atoms with Gasteiger partial charge in [-0.3, -0.25) is 0 Å². The predicted molar refractivity (Wildman–Crippen MR) is 44.6 cm³/mol. The molecule has 11 heavy (non-hydrogen) atoms. The van der Waals surface area contributed by atoms with Gasteiger partial charge in [0.2, 0.25) is 0 Å². The summed E-state index contributed by atoms with van der Waals surface area (Å²) in [6.45, 7) is -2.81. The van der Waals surface area contributed by atoms with Crippen molar-refractivity contribution in [2.75, 3.05) is 0 Å². The molecule has 2 heteroatoms. The zero-order valence-corrected chi connectivity index (χ0v) is 5.39. The Labute approximate surface area is 75.9 Å². The molecule has 2 rings (SSSR count). The topological polar surface area (TPSA) is 25.2 Å². The van der Waals surface area contributed by atoms with Gasteiger partial charge in [-0.2, -0.15) is 0 Å². The van der Waals surface area contributed by atoms with Crippen LogP contribution in [0.5, 0.6) is 5.75 Å². The van der Waals surface area contributed by atoms with Crippen LogP contribution in [0.4, 0.5) is 0 Å². The van der Waals surface area contributed by atoms with Gasteiger partial charge in [0.15, 0.2) is 0 Å². The average molecular weight is 155 g/mol. The van der Waals surface area contributed by atoms with E-state index in [1.165, 1.54) is 0 Å². The number of hydrogen-bond donors (Lipinski definition) is 1. The molecule has 0 saturated carbocycles. The van der Waals surface area contributed by atoms with E-state index in [0.29, 0.717) is 4.57 Å². The van der Waals surface area contributed by atoms with E-state index in [9.17, 15) is 5.11 Å². The van der Waals surface area contributed by atoms with Gasteiger partial charge in [0, 0.05) is 28.2 Å². The minimum Gasteiger partial charge on any atom is -0.508 e. The Kier molecular flexibility index (Phi) is 0.374. The lowest BCUT2D eigenvalue weighted by Gasteiger charge is -1.95. The van der Waals surface area contributed by atoms with Crippen molar-refractivity contribution < 1.29 is 16.1 Å². The fourth-order valence-corrected chi connectivity index (χ4v) is 0.816. The SMILES string of the molecule is [2H]c1c(O)c([2H])c2c([2H])c([2H])n(C([2H])([2H])[2H])c2c1[2H]. The van der Waals surface area contributed by atoms with E-state index in [0.717, 1.165) is 0 Å². The van der Waals surface area contributed by atoms with E-state index in [-0.39, 0.29) is 10.9 Å². The summed E-state index contributed by atoms with van der Waals surface area (Å²) in [5.41, 5.74) is -0.372. The van der Waals surface area contributed by atoms with Gasteiger partial charge in [-0.15, -0.1) is 0 Å². The third-order valence-electron chi connectivity index (χ3n) is 1.30. The number of aromatic hydroxyl groups is 1. The Balaban J connectivity index is 3.14. The first-order chi connectivity index (χ1) is 8.59. The molecule has 0 aliphatic heterocycles. The highest BCUT2D eigenvalue weighted by molar-refractivity contribution is 5.81. The molecule has 1 aromatic heterocycles. The Morgan fingerprint density at radius 3 is 3.27 bits per heavy atom. The number of nitrogens with zero attached hydrogens (tertiary/aromatic N) is 1. The Morgan fingerprint density at radius 2 is 2.45 bits per heavy atom. The number of phenols is 1. The maximum atomic E-state index is 9.52. The molecular formula is C9H9NO. The molecule has 56 valence electrons. The number of hydrogen-bond acceptors (Lipinski definition) is 1. The van der Waals surface area contributed by atoms with Crippen molar-refractivity contribution in [3.8, 4) is 5.75 Å². The highest BCUT2D eigenvalue weighted by Crippen LogP contribution is 2.19. The fraction of sp³-hybridized carbons (Fsp3) is 0.111. The molecule has 0 atom stereocenters. The molecular weight excluding hydrogens is 138 g/mol. The molecule has 0 fully saturated rings. The van der Waals surface area contributed by atoms with Gasteiger partial charge in [0.1, 0.15) is 5.75 Å². The Bertz CT molecular complexity index is 686. The van der Waals surface area contributed by atoms with Gasteiger partial charge in [-0.05, 0) is 24.2 Å². The molecule has 2 aromatic rings.